The van der Waals surface area contributed by atoms with E-state index in [0.717, 1.165) is 12.8 Å². The van der Waals surface area contributed by atoms with E-state index in [1.54, 1.807) is 6.20 Å². The molecule has 4 heterocycles. The molecule has 23 heavy (non-hydrogen) atoms. The van der Waals surface area contributed by atoms with Crippen molar-refractivity contribution in [1.29, 1.82) is 0 Å². The van der Waals surface area contributed by atoms with Crippen LogP contribution in [0.2, 0.25) is 0 Å². The van der Waals surface area contributed by atoms with Crippen molar-refractivity contribution >= 4 is 17.7 Å². The average Bonchev–Trinajstić information content (AvgIpc) is 3.03. The molecule has 0 saturated carbocycles. The number of imide groups is 1. The van der Waals surface area contributed by atoms with Crippen LogP contribution in [0.5, 0.6) is 0 Å². The molecule has 3 aliphatic heterocycles. The van der Waals surface area contributed by atoms with Crippen LogP contribution in [0.1, 0.15) is 49.0 Å². The molecule has 0 aromatic carbocycles. The largest absolute Gasteiger partial charge is 0.331 e. The van der Waals surface area contributed by atoms with E-state index in [9.17, 15) is 14.4 Å². The number of carbonyl (C=O) groups is 3. The van der Waals surface area contributed by atoms with Crippen molar-refractivity contribution in [2.24, 2.45) is 0 Å². The molecule has 3 aliphatic rings. The standard InChI is InChI=1S/C16H18N4O3/c21-14-3-4-15(22)20(14)12-7-10-1-2-11(8-12)19(10)16(23)13-9-17-5-6-18-13/h5-6,9-12H,1-4,7-8H2/t10-,11+,12?. The van der Waals surface area contributed by atoms with Crippen LogP contribution in [0.3, 0.4) is 0 Å². The second kappa shape index (κ2) is 5.40. The maximum Gasteiger partial charge on any atom is 0.274 e. The van der Waals surface area contributed by atoms with E-state index in [0.29, 0.717) is 31.4 Å². The number of carbonyl (C=O) groups excluding carboxylic acids is 3. The molecule has 0 aliphatic carbocycles. The highest BCUT2D eigenvalue weighted by molar-refractivity contribution is 6.02. The number of amides is 3. The summed E-state index contributed by atoms with van der Waals surface area (Å²) < 4.78 is 0. The number of piperidine rings is 1. The van der Waals surface area contributed by atoms with Gasteiger partial charge in [-0.3, -0.25) is 24.3 Å². The lowest BCUT2D eigenvalue weighted by Gasteiger charge is -2.41. The average molecular weight is 314 g/mol. The molecular formula is C16H18N4O3. The summed E-state index contributed by atoms with van der Waals surface area (Å²) in [5, 5.41) is 0. The Morgan fingerprint density at radius 2 is 1.65 bits per heavy atom. The van der Waals surface area contributed by atoms with E-state index in [1.165, 1.54) is 17.3 Å². The van der Waals surface area contributed by atoms with E-state index in [1.807, 2.05) is 4.90 Å². The van der Waals surface area contributed by atoms with Crippen LogP contribution >= 0.6 is 0 Å². The Kier molecular flexibility index (Phi) is 3.36. The van der Waals surface area contributed by atoms with E-state index in [4.69, 9.17) is 0 Å². The summed E-state index contributed by atoms with van der Waals surface area (Å²) in [6, 6.07) is 0.102. The number of likely N-dealkylation sites (tertiary alicyclic amines) is 1. The molecule has 0 spiro atoms. The van der Waals surface area contributed by atoms with E-state index in [-0.39, 0.29) is 35.8 Å². The quantitative estimate of drug-likeness (QED) is 0.753. The molecule has 1 aromatic rings. The smallest absolute Gasteiger partial charge is 0.274 e. The molecule has 1 unspecified atom stereocenters. The van der Waals surface area contributed by atoms with Gasteiger partial charge in [-0.2, -0.15) is 0 Å². The van der Waals surface area contributed by atoms with Gasteiger partial charge in [0, 0.05) is 43.4 Å². The van der Waals surface area contributed by atoms with Crippen LogP contribution in [-0.4, -0.2) is 55.6 Å². The third-order valence-corrected chi connectivity index (χ3v) is 5.18. The molecule has 7 heteroatoms. The van der Waals surface area contributed by atoms with Crippen LogP contribution in [0, 0.1) is 0 Å². The Morgan fingerprint density at radius 3 is 2.22 bits per heavy atom. The fourth-order valence-electron chi connectivity index (χ4n) is 4.23. The first-order chi connectivity index (χ1) is 11.1. The van der Waals surface area contributed by atoms with Gasteiger partial charge in [-0.1, -0.05) is 0 Å². The van der Waals surface area contributed by atoms with Crippen molar-refractivity contribution in [2.45, 2.75) is 56.7 Å². The molecule has 0 N–H and O–H groups in total. The van der Waals surface area contributed by atoms with Crippen LogP contribution in [0.25, 0.3) is 0 Å². The van der Waals surface area contributed by atoms with Crippen LogP contribution in [-0.2, 0) is 9.59 Å². The molecule has 3 amide bonds. The molecule has 3 atom stereocenters. The Morgan fingerprint density at radius 1 is 1.00 bits per heavy atom. The third kappa shape index (κ3) is 2.31. The number of hydrogen-bond donors (Lipinski definition) is 0. The molecule has 1 aromatic heterocycles. The van der Waals surface area contributed by atoms with Gasteiger partial charge in [0.05, 0.1) is 6.20 Å². The molecule has 0 radical (unpaired) electrons. The lowest BCUT2D eigenvalue weighted by atomic mass is 9.95. The Bertz CT molecular complexity index is 633. The number of nitrogens with zero attached hydrogens (tertiary/aromatic N) is 4. The number of hydrogen-bond acceptors (Lipinski definition) is 5. The molecule has 120 valence electrons. The maximum absolute atomic E-state index is 12.7. The monoisotopic (exact) mass is 314 g/mol. The third-order valence-electron chi connectivity index (χ3n) is 5.18. The van der Waals surface area contributed by atoms with Gasteiger partial charge in [0.1, 0.15) is 5.69 Å². The normalized spacial score (nSPS) is 30.2. The highest BCUT2D eigenvalue weighted by atomic mass is 16.2. The molecule has 2 bridgehead atoms. The number of aromatic nitrogens is 2. The highest BCUT2D eigenvalue weighted by Gasteiger charge is 2.48. The SMILES string of the molecule is O=C1CCC(=O)N1C1C[C@H]2CC[C@@H](C1)N2C(=O)c1cnccn1. The predicted molar refractivity (Wildman–Crippen MR) is 79.1 cm³/mol. The summed E-state index contributed by atoms with van der Waals surface area (Å²) in [6.07, 6.45) is 8.40. The summed E-state index contributed by atoms with van der Waals surface area (Å²) in [5.74, 6) is -0.218. The summed E-state index contributed by atoms with van der Waals surface area (Å²) in [7, 11) is 0. The summed E-state index contributed by atoms with van der Waals surface area (Å²) in [6.45, 7) is 0. The molecule has 3 fully saturated rings. The van der Waals surface area contributed by atoms with Crippen LogP contribution in [0.4, 0.5) is 0 Å². The lowest BCUT2D eigenvalue weighted by Crippen LogP contribution is -2.53. The van der Waals surface area contributed by atoms with Gasteiger partial charge in [0.25, 0.3) is 5.91 Å². The zero-order valence-corrected chi connectivity index (χ0v) is 12.7. The Balaban J connectivity index is 1.53. The maximum atomic E-state index is 12.7. The molecular weight excluding hydrogens is 296 g/mol. The van der Waals surface area contributed by atoms with E-state index < -0.39 is 0 Å². The molecule has 3 saturated heterocycles. The Hall–Kier alpha value is -2.31. The number of rotatable bonds is 2. The van der Waals surface area contributed by atoms with Crippen molar-refractivity contribution in [2.75, 3.05) is 0 Å². The predicted octanol–water partition coefficient (Wildman–Crippen LogP) is 0.761. The second-order valence-electron chi connectivity index (χ2n) is 6.47. The minimum absolute atomic E-state index is 0.0547. The van der Waals surface area contributed by atoms with Gasteiger partial charge in [-0.15, -0.1) is 0 Å². The minimum Gasteiger partial charge on any atom is -0.331 e. The zero-order chi connectivity index (χ0) is 16.0. The Labute approximate surface area is 133 Å². The topological polar surface area (TPSA) is 83.5 Å². The summed E-state index contributed by atoms with van der Waals surface area (Å²) >= 11 is 0. The van der Waals surface area contributed by atoms with Crippen molar-refractivity contribution in [3.63, 3.8) is 0 Å². The van der Waals surface area contributed by atoms with Crippen molar-refractivity contribution in [3.05, 3.63) is 24.3 Å². The van der Waals surface area contributed by atoms with Gasteiger partial charge in [0.15, 0.2) is 0 Å². The van der Waals surface area contributed by atoms with Crippen LogP contribution < -0.4 is 0 Å². The highest BCUT2D eigenvalue weighted by Crippen LogP contribution is 2.39. The van der Waals surface area contributed by atoms with Gasteiger partial charge < -0.3 is 4.90 Å². The lowest BCUT2D eigenvalue weighted by molar-refractivity contribution is -0.142. The molecule has 4 rings (SSSR count). The summed E-state index contributed by atoms with van der Waals surface area (Å²) in [5.41, 5.74) is 0.358. The van der Waals surface area contributed by atoms with Gasteiger partial charge in [0.2, 0.25) is 11.8 Å². The van der Waals surface area contributed by atoms with Crippen molar-refractivity contribution in [1.82, 2.24) is 19.8 Å². The zero-order valence-electron chi connectivity index (χ0n) is 12.7. The summed E-state index contributed by atoms with van der Waals surface area (Å²) in [4.78, 5) is 48.0. The first-order valence-electron chi connectivity index (χ1n) is 8.08. The first-order valence-corrected chi connectivity index (χ1v) is 8.08. The minimum atomic E-state index is -0.0943. The van der Waals surface area contributed by atoms with Gasteiger partial charge >= 0.3 is 0 Å². The fraction of sp³-hybridized carbons (Fsp3) is 0.562. The van der Waals surface area contributed by atoms with Crippen LogP contribution in [0.15, 0.2) is 18.6 Å². The fourth-order valence-corrected chi connectivity index (χ4v) is 4.23. The second-order valence-corrected chi connectivity index (χ2v) is 6.47. The van der Waals surface area contributed by atoms with Gasteiger partial charge in [-0.25, -0.2) is 4.98 Å². The van der Waals surface area contributed by atoms with E-state index in [2.05, 4.69) is 9.97 Å². The van der Waals surface area contributed by atoms with Crippen molar-refractivity contribution < 1.29 is 14.4 Å². The van der Waals surface area contributed by atoms with E-state index >= 15 is 0 Å². The number of fused-ring (bicyclic) bond motifs is 2. The molecule has 7 nitrogen and oxygen atoms in total. The van der Waals surface area contributed by atoms with Crippen molar-refractivity contribution in [3.8, 4) is 0 Å². The first kappa shape index (κ1) is 14.3. The van der Waals surface area contributed by atoms with Gasteiger partial charge in [-0.05, 0) is 25.7 Å².